The lowest BCUT2D eigenvalue weighted by molar-refractivity contribution is 0.0902. The van der Waals surface area contributed by atoms with Gasteiger partial charge >= 0.3 is 0 Å². The Morgan fingerprint density at radius 3 is 2.50 bits per heavy atom. The Kier molecular flexibility index (Phi) is 3.65. The topological polar surface area (TPSA) is 20.2 Å². The molecule has 1 aromatic carbocycles. The van der Waals surface area contributed by atoms with Crippen LogP contribution >= 0.6 is 0 Å². The molecule has 1 nitrogen and oxygen atoms in total. The van der Waals surface area contributed by atoms with E-state index < -0.39 is 0 Å². The SMILES string of the molecule is Cc1ccc(CC(O)C2CCCC2C)cc1. The predicted octanol–water partition coefficient (Wildman–Crippen LogP) is 3.33. The average molecular weight is 218 g/mol. The summed E-state index contributed by atoms with van der Waals surface area (Å²) in [5, 5.41) is 10.2. The quantitative estimate of drug-likeness (QED) is 0.825. The van der Waals surface area contributed by atoms with Crippen molar-refractivity contribution < 1.29 is 5.11 Å². The van der Waals surface area contributed by atoms with Crippen LogP contribution in [0.3, 0.4) is 0 Å². The molecule has 0 heterocycles. The Labute approximate surface area is 98.5 Å². The smallest absolute Gasteiger partial charge is 0.0611 e. The van der Waals surface area contributed by atoms with Crippen LogP contribution in [0.2, 0.25) is 0 Å². The van der Waals surface area contributed by atoms with Crippen molar-refractivity contribution in [3.05, 3.63) is 35.4 Å². The van der Waals surface area contributed by atoms with Crippen LogP contribution in [0.25, 0.3) is 0 Å². The monoisotopic (exact) mass is 218 g/mol. The molecule has 0 spiro atoms. The van der Waals surface area contributed by atoms with E-state index in [-0.39, 0.29) is 6.10 Å². The molecule has 16 heavy (non-hydrogen) atoms. The van der Waals surface area contributed by atoms with Crippen molar-refractivity contribution in [1.29, 1.82) is 0 Å². The lowest BCUT2D eigenvalue weighted by Crippen LogP contribution is -2.24. The lowest BCUT2D eigenvalue weighted by Gasteiger charge is -2.22. The highest BCUT2D eigenvalue weighted by molar-refractivity contribution is 5.22. The zero-order chi connectivity index (χ0) is 11.5. The zero-order valence-corrected chi connectivity index (χ0v) is 10.3. The molecule has 88 valence electrons. The number of benzene rings is 1. The summed E-state index contributed by atoms with van der Waals surface area (Å²) in [5.41, 5.74) is 2.55. The van der Waals surface area contributed by atoms with Gasteiger partial charge in [-0.2, -0.15) is 0 Å². The van der Waals surface area contributed by atoms with Crippen LogP contribution in [0.4, 0.5) is 0 Å². The largest absolute Gasteiger partial charge is 0.392 e. The van der Waals surface area contributed by atoms with Gasteiger partial charge in [0.2, 0.25) is 0 Å². The minimum absolute atomic E-state index is 0.153. The number of rotatable bonds is 3. The lowest BCUT2D eigenvalue weighted by atomic mass is 9.88. The first-order valence-electron chi connectivity index (χ1n) is 6.40. The Morgan fingerprint density at radius 1 is 1.25 bits per heavy atom. The third-order valence-electron chi connectivity index (χ3n) is 3.99. The van der Waals surface area contributed by atoms with E-state index >= 15 is 0 Å². The van der Waals surface area contributed by atoms with E-state index in [0.717, 1.165) is 6.42 Å². The summed E-state index contributed by atoms with van der Waals surface area (Å²) >= 11 is 0. The van der Waals surface area contributed by atoms with Gasteiger partial charge in [0.25, 0.3) is 0 Å². The molecule has 0 radical (unpaired) electrons. The summed E-state index contributed by atoms with van der Waals surface area (Å²) < 4.78 is 0. The fourth-order valence-electron chi connectivity index (χ4n) is 2.86. The van der Waals surface area contributed by atoms with Gasteiger partial charge in [0.15, 0.2) is 0 Å². The van der Waals surface area contributed by atoms with E-state index in [4.69, 9.17) is 0 Å². The summed E-state index contributed by atoms with van der Waals surface area (Å²) in [6.07, 6.45) is 4.44. The van der Waals surface area contributed by atoms with Gasteiger partial charge in [0, 0.05) is 0 Å². The second kappa shape index (κ2) is 5.01. The van der Waals surface area contributed by atoms with Gasteiger partial charge in [0.05, 0.1) is 6.10 Å². The third kappa shape index (κ3) is 2.65. The van der Waals surface area contributed by atoms with Crippen LogP contribution in [0, 0.1) is 18.8 Å². The van der Waals surface area contributed by atoms with E-state index in [9.17, 15) is 5.11 Å². The maximum absolute atomic E-state index is 10.2. The molecule has 1 aromatic rings. The van der Waals surface area contributed by atoms with Crippen molar-refractivity contribution in [2.24, 2.45) is 11.8 Å². The first-order chi connectivity index (χ1) is 7.66. The minimum Gasteiger partial charge on any atom is -0.392 e. The number of hydrogen-bond donors (Lipinski definition) is 1. The van der Waals surface area contributed by atoms with Gasteiger partial charge in [-0.3, -0.25) is 0 Å². The highest BCUT2D eigenvalue weighted by Gasteiger charge is 2.29. The molecule has 2 rings (SSSR count). The summed E-state index contributed by atoms with van der Waals surface area (Å²) in [6.45, 7) is 4.37. The third-order valence-corrected chi connectivity index (χ3v) is 3.99. The van der Waals surface area contributed by atoms with Crippen LogP contribution in [0.15, 0.2) is 24.3 Å². The number of aryl methyl sites for hydroxylation is 1. The second-order valence-electron chi connectivity index (χ2n) is 5.33. The van der Waals surface area contributed by atoms with E-state index in [1.807, 2.05) is 0 Å². The Hall–Kier alpha value is -0.820. The summed E-state index contributed by atoms with van der Waals surface area (Å²) in [6, 6.07) is 8.52. The molecule has 0 aromatic heterocycles. The van der Waals surface area contributed by atoms with Gasteiger partial charge in [-0.05, 0) is 37.2 Å². The Balaban J connectivity index is 1.96. The Bertz CT molecular complexity index is 328. The highest BCUT2D eigenvalue weighted by Crippen LogP contribution is 2.34. The number of aliphatic hydroxyl groups excluding tert-OH is 1. The minimum atomic E-state index is -0.153. The van der Waals surface area contributed by atoms with Crippen molar-refractivity contribution >= 4 is 0 Å². The van der Waals surface area contributed by atoms with Gasteiger partial charge in [-0.15, -0.1) is 0 Å². The standard InChI is InChI=1S/C15H22O/c1-11-6-8-13(9-7-11)10-15(16)14-5-3-4-12(14)2/h6-9,12,14-16H,3-5,10H2,1-2H3. The van der Waals surface area contributed by atoms with Crippen molar-refractivity contribution in [3.63, 3.8) is 0 Å². The molecular formula is C15H22O. The van der Waals surface area contributed by atoms with Crippen molar-refractivity contribution in [3.8, 4) is 0 Å². The fraction of sp³-hybridized carbons (Fsp3) is 0.600. The van der Waals surface area contributed by atoms with Crippen LogP contribution in [-0.2, 0) is 6.42 Å². The maximum atomic E-state index is 10.2. The number of aliphatic hydroxyl groups is 1. The van der Waals surface area contributed by atoms with Gasteiger partial charge in [-0.1, -0.05) is 49.6 Å². The predicted molar refractivity (Wildman–Crippen MR) is 67.4 cm³/mol. The van der Waals surface area contributed by atoms with E-state index in [1.165, 1.54) is 30.4 Å². The molecule has 1 N–H and O–H groups in total. The summed E-state index contributed by atoms with van der Waals surface area (Å²) in [4.78, 5) is 0. The van der Waals surface area contributed by atoms with Gasteiger partial charge in [-0.25, -0.2) is 0 Å². The molecule has 1 aliphatic carbocycles. The molecule has 0 aliphatic heterocycles. The average Bonchev–Trinajstić information content (AvgIpc) is 2.68. The maximum Gasteiger partial charge on any atom is 0.0611 e. The highest BCUT2D eigenvalue weighted by atomic mass is 16.3. The van der Waals surface area contributed by atoms with Crippen LogP contribution in [0.5, 0.6) is 0 Å². The molecule has 1 heteroatoms. The molecule has 3 atom stereocenters. The van der Waals surface area contributed by atoms with Gasteiger partial charge in [0.1, 0.15) is 0 Å². The van der Waals surface area contributed by atoms with E-state index in [0.29, 0.717) is 11.8 Å². The van der Waals surface area contributed by atoms with E-state index in [2.05, 4.69) is 38.1 Å². The molecular weight excluding hydrogens is 196 g/mol. The zero-order valence-electron chi connectivity index (χ0n) is 10.3. The van der Waals surface area contributed by atoms with Crippen LogP contribution in [0.1, 0.15) is 37.3 Å². The van der Waals surface area contributed by atoms with Gasteiger partial charge < -0.3 is 5.11 Å². The van der Waals surface area contributed by atoms with E-state index in [1.54, 1.807) is 0 Å². The van der Waals surface area contributed by atoms with Crippen molar-refractivity contribution in [1.82, 2.24) is 0 Å². The summed E-state index contributed by atoms with van der Waals surface area (Å²) in [5.74, 6) is 1.21. The van der Waals surface area contributed by atoms with Crippen molar-refractivity contribution in [2.45, 2.75) is 45.6 Å². The molecule has 1 saturated carbocycles. The molecule has 0 bridgehead atoms. The van der Waals surface area contributed by atoms with Crippen LogP contribution in [-0.4, -0.2) is 11.2 Å². The molecule has 0 saturated heterocycles. The number of hydrogen-bond acceptors (Lipinski definition) is 1. The normalized spacial score (nSPS) is 26.9. The Morgan fingerprint density at radius 2 is 1.94 bits per heavy atom. The molecule has 3 unspecified atom stereocenters. The molecule has 0 amide bonds. The van der Waals surface area contributed by atoms with Crippen LogP contribution < -0.4 is 0 Å². The second-order valence-corrected chi connectivity index (χ2v) is 5.33. The molecule has 1 aliphatic rings. The summed E-state index contributed by atoms with van der Waals surface area (Å²) in [7, 11) is 0. The first-order valence-corrected chi connectivity index (χ1v) is 6.40. The first kappa shape index (κ1) is 11.7. The fourth-order valence-corrected chi connectivity index (χ4v) is 2.86. The molecule has 1 fully saturated rings. The van der Waals surface area contributed by atoms with Crippen molar-refractivity contribution in [2.75, 3.05) is 0 Å².